The fraction of sp³-hybridized carbons (Fsp3) is 0.429. The molecule has 0 bridgehead atoms. The molecule has 1 aliphatic heterocycles. The van der Waals surface area contributed by atoms with E-state index < -0.39 is 0 Å². The van der Waals surface area contributed by atoms with Crippen LogP contribution in [-0.4, -0.2) is 22.8 Å². The van der Waals surface area contributed by atoms with Gasteiger partial charge in [-0.1, -0.05) is 12.1 Å². The standard InChI is InChI=1S/C14H15N3O/c15-8-5-14-16-12-3-1-2-4-13(12)17(14)11-6-9-18-10-7-11/h1-4,11H,5-7,9-10H2. The highest BCUT2D eigenvalue weighted by atomic mass is 16.5. The number of nitrogens with zero attached hydrogens (tertiary/aromatic N) is 3. The van der Waals surface area contributed by atoms with Gasteiger partial charge < -0.3 is 9.30 Å². The van der Waals surface area contributed by atoms with E-state index in [1.807, 2.05) is 18.2 Å². The molecule has 1 fully saturated rings. The number of rotatable bonds is 2. The van der Waals surface area contributed by atoms with Gasteiger partial charge in [-0.15, -0.1) is 0 Å². The van der Waals surface area contributed by atoms with Crippen LogP contribution < -0.4 is 0 Å². The summed E-state index contributed by atoms with van der Waals surface area (Å²) in [5, 5.41) is 8.94. The van der Waals surface area contributed by atoms with Gasteiger partial charge in [0.05, 0.1) is 23.5 Å². The van der Waals surface area contributed by atoms with Crippen LogP contribution in [0.1, 0.15) is 24.7 Å². The number of ether oxygens (including phenoxy) is 1. The van der Waals surface area contributed by atoms with Crippen molar-refractivity contribution in [1.82, 2.24) is 9.55 Å². The van der Waals surface area contributed by atoms with Gasteiger partial charge in [-0.3, -0.25) is 0 Å². The van der Waals surface area contributed by atoms with E-state index in [0.29, 0.717) is 12.5 Å². The van der Waals surface area contributed by atoms with E-state index >= 15 is 0 Å². The maximum atomic E-state index is 8.94. The van der Waals surface area contributed by atoms with Gasteiger partial charge in [0.25, 0.3) is 0 Å². The molecular weight excluding hydrogens is 226 g/mol. The Kier molecular flexibility index (Phi) is 2.99. The average molecular weight is 241 g/mol. The first-order valence-corrected chi connectivity index (χ1v) is 6.30. The van der Waals surface area contributed by atoms with Gasteiger partial charge in [-0.2, -0.15) is 5.26 Å². The molecule has 0 atom stereocenters. The van der Waals surface area contributed by atoms with Gasteiger partial charge >= 0.3 is 0 Å². The Hall–Kier alpha value is -1.86. The molecule has 1 aromatic heterocycles. The largest absolute Gasteiger partial charge is 0.381 e. The number of nitriles is 1. The molecule has 0 unspecified atom stereocenters. The molecule has 1 saturated heterocycles. The number of para-hydroxylation sites is 2. The number of hydrogen-bond acceptors (Lipinski definition) is 3. The van der Waals surface area contributed by atoms with Gasteiger partial charge in [0.1, 0.15) is 5.82 Å². The second kappa shape index (κ2) is 4.79. The lowest BCUT2D eigenvalue weighted by Gasteiger charge is -2.25. The van der Waals surface area contributed by atoms with Crippen molar-refractivity contribution in [1.29, 1.82) is 5.26 Å². The number of hydrogen-bond donors (Lipinski definition) is 0. The van der Waals surface area contributed by atoms with Crippen molar-refractivity contribution >= 4 is 11.0 Å². The molecule has 2 heterocycles. The molecule has 1 aliphatic rings. The highest BCUT2D eigenvalue weighted by molar-refractivity contribution is 5.76. The minimum atomic E-state index is 0.367. The number of benzene rings is 1. The van der Waals surface area contributed by atoms with Crippen LogP contribution in [0.3, 0.4) is 0 Å². The molecule has 0 saturated carbocycles. The SMILES string of the molecule is N#CCc1nc2ccccc2n1C1CCOCC1. The van der Waals surface area contributed by atoms with Gasteiger partial charge in [0, 0.05) is 19.3 Å². The zero-order valence-electron chi connectivity index (χ0n) is 10.2. The Morgan fingerprint density at radius 3 is 2.89 bits per heavy atom. The molecule has 2 aromatic rings. The van der Waals surface area contributed by atoms with Crippen molar-refractivity contribution in [2.75, 3.05) is 13.2 Å². The highest BCUT2D eigenvalue weighted by Gasteiger charge is 2.21. The predicted octanol–water partition coefficient (Wildman–Crippen LogP) is 2.45. The molecule has 0 spiro atoms. The minimum Gasteiger partial charge on any atom is -0.381 e. The molecule has 3 rings (SSSR count). The molecule has 0 radical (unpaired) electrons. The van der Waals surface area contributed by atoms with E-state index in [4.69, 9.17) is 10.00 Å². The van der Waals surface area contributed by atoms with Crippen molar-refractivity contribution < 1.29 is 4.74 Å². The van der Waals surface area contributed by atoms with E-state index in [9.17, 15) is 0 Å². The molecule has 0 amide bonds. The Balaban J connectivity index is 2.11. The Labute approximate surface area is 106 Å². The smallest absolute Gasteiger partial charge is 0.124 e. The fourth-order valence-electron chi connectivity index (χ4n) is 2.64. The number of imidazole rings is 1. The lowest BCUT2D eigenvalue weighted by molar-refractivity contribution is 0.0700. The third-order valence-electron chi connectivity index (χ3n) is 3.46. The molecule has 1 aromatic carbocycles. The third-order valence-corrected chi connectivity index (χ3v) is 3.46. The molecule has 4 nitrogen and oxygen atoms in total. The zero-order valence-corrected chi connectivity index (χ0v) is 10.2. The van der Waals surface area contributed by atoms with Crippen molar-refractivity contribution in [3.8, 4) is 6.07 Å². The van der Waals surface area contributed by atoms with Gasteiger partial charge in [0.15, 0.2) is 0 Å². The second-order valence-corrected chi connectivity index (χ2v) is 4.57. The number of aromatic nitrogens is 2. The van der Waals surface area contributed by atoms with Crippen molar-refractivity contribution in [2.24, 2.45) is 0 Å². The lowest BCUT2D eigenvalue weighted by atomic mass is 10.1. The molecule has 18 heavy (non-hydrogen) atoms. The van der Waals surface area contributed by atoms with E-state index in [-0.39, 0.29) is 0 Å². The predicted molar refractivity (Wildman–Crippen MR) is 68.1 cm³/mol. The molecule has 0 aliphatic carbocycles. The first-order chi connectivity index (χ1) is 8.90. The Morgan fingerprint density at radius 1 is 1.33 bits per heavy atom. The van der Waals surface area contributed by atoms with Crippen LogP contribution in [0, 0.1) is 11.3 Å². The van der Waals surface area contributed by atoms with Crippen LogP contribution in [-0.2, 0) is 11.2 Å². The van der Waals surface area contributed by atoms with Gasteiger partial charge in [-0.05, 0) is 25.0 Å². The summed E-state index contributed by atoms with van der Waals surface area (Å²) >= 11 is 0. The summed E-state index contributed by atoms with van der Waals surface area (Å²) in [6, 6.07) is 10.7. The Morgan fingerprint density at radius 2 is 2.11 bits per heavy atom. The summed E-state index contributed by atoms with van der Waals surface area (Å²) in [6.07, 6.45) is 2.36. The van der Waals surface area contributed by atoms with Crippen molar-refractivity contribution in [3.63, 3.8) is 0 Å². The van der Waals surface area contributed by atoms with E-state index in [2.05, 4.69) is 21.7 Å². The first-order valence-electron chi connectivity index (χ1n) is 6.30. The molecule has 4 heteroatoms. The van der Waals surface area contributed by atoms with E-state index in [1.54, 1.807) is 0 Å². The lowest BCUT2D eigenvalue weighted by Crippen LogP contribution is -2.21. The maximum absolute atomic E-state index is 8.94. The molecule has 92 valence electrons. The maximum Gasteiger partial charge on any atom is 0.124 e. The van der Waals surface area contributed by atoms with Crippen LogP contribution in [0.5, 0.6) is 0 Å². The minimum absolute atomic E-state index is 0.367. The third kappa shape index (κ3) is 1.87. The fourth-order valence-corrected chi connectivity index (χ4v) is 2.64. The number of fused-ring (bicyclic) bond motifs is 1. The van der Waals surface area contributed by atoms with Gasteiger partial charge in [-0.25, -0.2) is 4.98 Å². The highest BCUT2D eigenvalue weighted by Crippen LogP contribution is 2.28. The monoisotopic (exact) mass is 241 g/mol. The summed E-state index contributed by atoms with van der Waals surface area (Å²) < 4.78 is 7.65. The van der Waals surface area contributed by atoms with Crippen LogP contribution in [0.15, 0.2) is 24.3 Å². The average Bonchev–Trinajstić information content (AvgIpc) is 2.78. The topological polar surface area (TPSA) is 50.8 Å². The van der Waals surface area contributed by atoms with Crippen LogP contribution >= 0.6 is 0 Å². The summed E-state index contributed by atoms with van der Waals surface area (Å²) in [5.74, 6) is 0.880. The molecule has 0 N–H and O–H groups in total. The molecular formula is C14H15N3O. The van der Waals surface area contributed by atoms with Gasteiger partial charge in [0.2, 0.25) is 0 Å². The second-order valence-electron chi connectivity index (χ2n) is 4.57. The summed E-state index contributed by atoms with van der Waals surface area (Å²) in [7, 11) is 0. The van der Waals surface area contributed by atoms with Crippen LogP contribution in [0.2, 0.25) is 0 Å². The quantitative estimate of drug-likeness (QED) is 0.811. The van der Waals surface area contributed by atoms with E-state index in [0.717, 1.165) is 42.9 Å². The van der Waals surface area contributed by atoms with Crippen LogP contribution in [0.4, 0.5) is 0 Å². The summed E-state index contributed by atoms with van der Waals surface area (Å²) in [6.45, 7) is 1.59. The summed E-state index contributed by atoms with van der Waals surface area (Å²) in [5.41, 5.74) is 2.11. The first kappa shape index (κ1) is 11.2. The van der Waals surface area contributed by atoms with Crippen molar-refractivity contribution in [3.05, 3.63) is 30.1 Å². The zero-order chi connectivity index (χ0) is 12.4. The Bertz CT molecular complexity index is 591. The van der Waals surface area contributed by atoms with Crippen molar-refractivity contribution in [2.45, 2.75) is 25.3 Å². The van der Waals surface area contributed by atoms with E-state index in [1.165, 1.54) is 0 Å². The van der Waals surface area contributed by atoms with Crippen LogP contribution in [0.25, 0.3) is 11.0 Å². The normalized spacial score (nSPS) is 16.8. The summed E-state index contributed by atoms with van der Waals surface area (Å²) in [4.78, 5) is 4.58.